The molecule has 0 saturated heterocycles. The number of carbonyl (C=O) groups excluding carboxylic acids is 1. The van der Waals surface area contributed by atoms with Gasteiger partial charge in [-0.3, -0.25) is 4.79 Å². The van der Waals surface area contributed by atoms with Gasteiger partial charge in [-0.2, -0.15) is 18.3 Å². The Balaban J connectivity index is 1.42. The highest BCUT2D eigenvalue weighted by atomic mass is 19.4. The van der Waals surface area contributed by atoms with E-state index in [4.69, 9.17) is 4.74 Å². The Labute approximate surface area is 163 Å². The smallest absolute Gasteiger partial charge is 0.451 e. The number of nitrogens with zero attached hydrogens (tertiary/aromatic N) is 6. The minimum Gasteiger partial charge on any atom is -0.471 e. The molecule has 1 amide bonds. The van der Waals surface area contributed by atoms with Gasteiger partial charge >= 0.3 is 6.18 Å². The van der Waals surface area contributed by atoms with Gasteiger partial charge in [0.05, 0.1) is 6.54 Å². The number of amides is 1. The zero-order chi connectivity index (χ0) is 20.6. The van der Waals surface area contributed by atoms with Gasteiger partial charge in [0.1, 0.15) is 5.75 Å². The van der Waals surface area contributed by atoms with Gasteiger partial charge in [-0.1, -0.05) is 18.2 Å². The van der Waals surface area contributed by atoms with E-state index in [-0.39, 0.29) is 43.8 Å². The molecular formula is C18H17F3N6O2. The van der Waals surface area contributed by atoms with Gasteiger partial charge in [-0.25, -0.2) is 4.68 Å². The highest BCUT2D eigenvalue weighted by Crippen LogP contribution is 2.29. The Bertz CT molecular complexity index is 1040. The predicted octanol–water partition coefficient (Wildman–Crippen LogP) is 2.49. The summed E-state index contributed by atoms with van der Waals surface area (Å²) in [6.07, 6.45) is -2.97. The predicted molar refractivity (Wildman–Crippen MR) is 93.8 cm³/mol. The van der Waals surface area contributed by atoms with Crippen molar-refractivity contribution in [3.63, 3.8) is 0 Å². The minimum atomic E-state index is -4.58. The quantitative estimate of drug-likeness (QED) is 0.665. The van der Waals surface area contributed by atoms with Crippen molar-refractivity contribution < 1.29 is 22.7 Å². The summed E-state index contributed by atoms with van der Waals surface area (Å²) in [5.74, 6) is -0.620. The number of hydrogen-bond donors (Lipinski definition) is 0. The standard InChI is InChI=1S/C18H17F3N6O2/c1-12-4-2-3-5-14(12)29-11-26-7-6-13(24-26)16(28)25-8-9-27-15(10-25)22-23-17(27)18(19,20)21/h2-7H,8-11H2,1H3. The molecule has 29 heavy (non-hydrogen) atoms. The average Bonchev–Trinajstić information content (AvgIpc) is 3.33. The molecule has 2 aromatic heterocycles. The van der Waals surface area contributed by atoms with Crippen LogP contribution in [0.25, 0.3) is 0 Å². The van der Waals surface area contributed by atoms with Crippen LogP contribution in [-0.2, 0) is 26.0 Å². The summed E-state index contributed by atoms with van der Waals surface area (Å²) in [5.41, 5.74) is 1.16. The van der Waals surface area contributed by atoms with E-state index < -0.39 is 12.0 Å². The first-order valence-electron chi connectivity index (χ1n) is 8.83. The first-order chi connectivity index (χ1) is 13.8. The highest BCUT2D eigenvalue weighted by molar-refractivity contribution is 5.92. The number of fused-ring (bicyclic) bond motifs is 1. The molecule has 8 nitrogen and oxygen atoms in total. The molecule has 1 aliphatic heterocycles. The lowest BCUT2D eigenvalue weighted by molar-refractivity contribution is -0.147. The van der Waals surface area contributed by atoms with Crippen molar-refractivity contribution in [2.75, 3.05) is 6.54 Å². The second kappa shape index (κ2) is 7.22. The minimum absolute atomic E-state index is 0.0278. The number of halogens is 3. The summed E-state index contributed by atoms with van der Waals surface area (Å²) in [6, 6.07) is 9.07. The molecule has 0 atom stereocenters. The fraction of sp³-hybridized carbons (Fsp3) is 0.333. The lowest BCUT2D eigenvalue weighted by atomic mass is 10.2. The summed E-state index contributed by atoms with van der Waals surface area (Å²) in [4.78, 5) is 14.1. The third-order valence-electron chi connectivity index (χ3n) is 4.60. The number of hydrogen-bond acceptors (Lipinski definition) is 5. The summed E-state index contributed by atoms with van der Waals surface area (Å²) in [7, 11) is 0. The first kappa shape index (κ1) is 19.0. The maximum Gasteiger partial charge on any atom is 0.451 e. The fourth-order valence-electron chi connectivity index (χ4n) is 3.10. The molecular weight excluding hydrogens is 389 g/mol. The number of aryl methyl sites for hydroxylation is 1. The third kappa shape index (κ3) is 3.80. The molecule has 0 aliphatic carbocycles. The van der Waals surface area contributed by atoms with Crippen molar-refractivity contribution in [3.05, 3.63) is 59.4 Å². The van der Waals surface area contributed by atoms with Crippen molar-refractivity contribution in [2.24, 2.45) is 0 Å². The van der Waals surface area contributed by atoms with E-state index in [9.17, 15) is 18.0 Å². The van der Waals surface area contributed by atoms with Crippen LogP contribution in [0.1, 0.15) is 27.7 Å². The van der Waals surface area contributed by atoms with E-state index in [2.05, 4.69) is 15.3 Å². The summed E-state index contributed by atoms with van der Waals surface area (Å²) in [6.45, 7) is 2.07. The van der Waals surface area contributed by atoms with E-state index in [1.807, 2.05) is 31.2 Å². The molecule has 0 fully saturated rings. The van der Waals surface area contributed by atoms with E-state index in [1.54, 1.807) is 12.3 Å². The molecule has 0 bridgehead atoms. The number of carbonyl (C=O) groups is 1. The molecule has 3 aromatic rings. The molecule has 0 spiro atoms. The Morgan fingerprint density at radius 3 is 2.72 bits per heavy atom. The summed E-state index contributed by atoms with van der Waals surface area (Å²) in [5, 5.41) is 11.0. The van der Waals surface area contributed by atoms with Crippen LogP contribution in [0.15, 0.2) is 36.5 Å². The van der Waals surface area contributed by atoms with Gasteiger partial charge in [0.2, 0.25) is 5.82 Å². The van der Waals surface area contributed by atoms with Gasteiger partial charge in [0.15, 0.2) is 18.2 Å². The highest BCUT2D eigenvalue weighted by Gasteiger charge is 2.40. The monoisotopic (exact) mass is 406 g/mol. The summed E-state index contributed by atoms with van der Waals surface area (Å²) < 4.78 is 46.9. The molecule has 1 aromatic carbocycles. The molecule has 0 radical (unpaired) electrons. The van der Waals surface area contributed by atoms with Crippen molar-refractivity contribution in [1.29, 1.82) is 0 Å². The Morgan fingerprint density at radius 1 is 1.17 bits per heavy atom. The average molecular weight is 406 g/mol. The van der Waals surface area contributed by atoms with Crippen LogP contribution in [0.4, 0.5) is 13.2 Å². The van der Waals surface area contributed by atoms with E-state index in [1.165, 1.54) is 9.58 Å². The van der Waals surface area contributed by atoms with Crippen LogP contribution in [0.5, 0.6) is 5.75 Å². The van der Waals surface area contributed by atoms with Gasteiger partial charge < -0.3 is 14.2 Å². The number of para-hydroxylation sites is 1. The van der Waals surface area contributed by atoms with Crippen LogP contribution in [0, 0.1) is 6.92 Å². The molecule has 3 heterocycles. The lowest BCUT2D eigenvalue weighted by Gasteiger charge is -2.27. The first-order valence-corrected chi connectivity index (χ1v) is 8.83. The van der Waals surface area contributed by atoms with Crippen LogP contribution >= 0.6 is 0 Å². The third-order valence-corrected chi connectivity index (χ3v) is 4.60. The molecule has 0 N–H and O–H groups in total. The summed E-state index contributed by atoms with van der Waals surface area (Å²) >= 11 is 0. The number of aromatic nitrogens is 5. The number of benzene rings is 1. The van der Waals surface area contributed by atoms with Gasteiger partial charge in [0.25, 0.3) is 5.91 Å². The van der Waals surface area contributed by atoms with Crippen molar-refractivity contribution in [1.82, 2.24) is 29.4 Å². The topological polar surface area (TPSA) is 78.1 Å². The lowest BCUT2D eigenvalue weighted by Crippen LogP contribution is -2.39. The molecule has 0 unspecified atom stereocenters. The molecule has 0 saturated carbocycles. The molecule has 152 valence electrons. The second-order valence-corrected chi connectivity index (χ2v) is 6.60. The Morgan fingerprint density at radius 2 is 1.97 bits per heavy atom. The maximum absolute atomic E-state index is 12.9. The van der Waals surface area contributed by atoms with E-state index >= 15 is 0 Å². The Hall–Kier alpha value is -3.37. The number of rotatable bonds is 4. The molecule has 4 rings (SSSR count). The molecule has 11 heteroatoms. The van der Waals surface area contributed by atoms with Gasteiger partial charge in [-0.15, -0.1) is 10.2 Å². The normalized spacial score (nSPS) is 14.0. The van der Waals surface area contributed by atoms with Gasteiger partial charge in [-0.05, 0) is 24.6 Å². The zero-order valence-corrected chi connectivity index (χ0v) is 15.4. The Kier molecular flexibility index (Phi) is 4.73. The van der Waals surface area contributed by atoms with Crippen molar-refractivity contribution >= 4 is 5.91 Å². The number of alkyl halides is 3. The van der Waals surface area contributed by atoms with Crippen LogP contribution in [-0.4, -0.2) is 41.9 Å². The molecule has 1 aliphatic rings. The van der Waals surface area contributed by atoms with E-state index in [0.717, 1.165) is 10.1 Å². The van der Waals surface area contributed by atoms with Crippen LogP contribution < -0.4 is 4.74 Å². The van der Waals surface area contributed by atoms with Crippen molar-refractivity contribution in [2.45, 2.75) is 32.9 Å². The van der Waals surface area contributed by atoms with E-state index in [0.29, 0.717) is 5.75 Å². The fourth-order valence-corrected chi connectivity index (χ4v) is 3.10. The number of ether oxygens (including phenoxy) is 1. The SMILES string of the molecule is Cc1ccccc1OCn1ccc(C(=O)N2CCn3c(nnc3C(F)(F)F)C2)n1. The zero-order valence-electron chi connectivity index (χ0n) is 15.4. The van der Waals surface area contributed by atoms with Crippen molar-refractivity contribution in [3.8, 4) is 5.75 Å². The van der Waals surface area contributed by atoms with Gasteiger partial charge in [0, 0.05) is 19.3 Å². The maximum atomic E-state index is 12.9. The van der Waals surface area contributed by atoms with Crippen LogP contribution in [0.2, 0.25) is 0 Å². The second-order valence-electron chi connectivity index (χ2n) is 6.60. The van der Waals surface area contributed by atoms with Crippen LogP contribution in [0.3, 0.4) is 0 Å². The largest absolute Gasteiger partial charge is 0.471 e.